The molecule has 1 aromatic rings. The summed E-state index contributed by atoms with van der Waals surface area (Å²) in [5, 5.41) is 3.80. The standard InChI is InChI=1S/C17H26N2/c1-2-18-16(13-7-4-3-5-8-13)15-11-10-14-9-6-12-19-17(14)15/h6,9,12-13,15-16,18H,2-5,7-8,10-11H2,1H3. The van der Waals surface area contributed by atoms with Crippen LogP contribution < -0.4 is 5.32 Å². The summed E-state index contributed by atoms with van der Waals surface area (Å²) in [5.41, 5.74) is 2.88. The Morgan fingerprint density at radius 3 is 2.89 bits per heavy atom. The number of likely N-dealkylation sites (N-methyl/N-ethyl adjacent to an activating group) is 1. The van der Waals surface area contributed by atoms with Crippen molar-refractivity contribution in [1.29, 1.82) is 0 Å². The van der Waals surface area contributed by atoms with E-state index in [4.69, 9.17) is 4.98 Å². The number of hydrogen-bond acceptors (Lipinski definition) is 2. The van der Waals surface area contributed by atoms with E-state index in [1.165, 1.54) is 56.2 Å². The molecule has 0 saturated heterocycles. The molecule has 0 radical (unpaired) electrons. The zero-order chi connectivity index (χ0) is 13.1. The van der Waals surface area contributed by atoms with Gasteiger partial charge < -0.3 is 5.32 Å². The Kier molecular flexibility index (Phi) is 4.17. The van der Waals surface area contributed by atoms with Gasteiger partial charge in [0.2, 0.25) is 0 Å². The number of fused-ring (bicyclic) bond motifs is 1. The fraction of sp³-hybridized carbons (Fsp3) is 0.706. The zero-order valence-electron chi connectivity index (χ0n) is 12.1. The number of hydrogen-bond donors (Lipinski definition) is 1. The second kappa shape index (κ2) is 6.04. The van der Waals surface area contributed by atoms with Crippen molar-refractivity contribution in [3.63, 3.8) is 0 Å². The summed E-state index contributed by atoms with van der Waals surface area (Å²) < 4.78 is 0. The monoisotopic (exact) mass is 258 g/mol. The van der Waals surface area contributed by atoms with E-state index >= 15 is 0 Å². The summed E-state index contributed by atoms with van der Waals surface area (Å²) in [6.45, 7) is 3.32. The van der Waals surface area contributed by atoms with Gasteiger partial charge in [0.1, 0.15) is 0 Å². The number of aryl methyl sites for hydroxylation is 1. The van der Waals surface area contributed by atoms with Gasteiger partial charge in [-0.05, 0) is 49.8 Å². The molecule has 1 aromatic heterocycles. The lowest BCUT2D eigenvalue weighted by molar-refractivity contribution is 0.239. The predicted molar refractivity (Wildman–Crippen MR) is 79.3 cm³/mol. The van der Waals surface area contributed by atoms with Gasteiger partial charge in [-0.1, -0.05) is 32.3 Å². The number of rotatable bonds is 4. The van der Waals surface area contributed by atoms with Gasteiger partial charge in [0.15, 0.2) is 0 Å². The highest BCUT2D eigenvalue weighted by Gasteiger charge is 2.35. The molecular formula is C17H26N2. The fourth-order valence-electron chi connectivity index (χ4n) is 4.16. The van der Waals surface area contributed by atoms with E-state index in [-0.39, 0.29) is 0 Å². The molecule has 2 atom stereocenters. The predicted octanol–water partition coefficient (Wildman–Crippen LogP) is 3.67. The van der Waals surface area contributed by atoms with E-state index in [1.807, 2.05) is 6.20 Å². The third-order valence-corrected chi connectivity index (χ3v) is 5.03. The molecule has 2 nitrogen and oxygen atoms in total. The van der Waals surface area contributed by atoms with Crippen LogP contribution in [0.15, 0.2) is 18.3 Å². The summed E-state index contributed by atoms with van der Waals surface area (Å²) in [7, 11) is 0. The first-order valence-corrected chi connectivity index (χ1v) is 8.07. The molecule has 0 spiro atoms. The molecule has 19 heavy (non-hydrogen) atoms. The normalized spacial score (nSPS) is 25.2. The molecule has 1 saturated carbocycles. The average Bonchev–Trinajstić information content (AvgIpc) is 2.89. The van der Waals surface area contributed by atoms with Crippen molar-refractivity contribution in [3.8, 4) is 0 Å². The highest BCUT2D eigenvalue weighted by atomic mass is 14.9. The smallest absolute Gasteiger partial charge is 0.0482 e. The Balaban J connectivity index is 1.80. The second-order valence-electron chi connectivity index (χ2n) is 6.17. The van der Waals surface area contributed by atoms with Crippen molar-refractivity contribution in [2.75, 3.05) is 6.54 Å². The van der Waals surface area contributed by atoms with E-state index < -0.39 is 0 Å². The first kappa shape index (κ1) is 13.1. The second-order valence-corrected chi connectivity index (χ2v) is 6.17. The van der Waals surface area contributed by atoms with Crippen LogP contribution in [-0.4, -0.2) is 17.6 Å². The highest BCUT2D eigenvalue weighted by molar-refractivity contribution is 5.30. The van der Waals surface area contributed by atoms with E-state index in [0.717, 1.165) is 12.5 Å². The van der Waals surface area contributed by atoms with E-state index in [0.29, 0.717) is 12.0 Å². The van der Waals surface area contributed by atoms with Crippen molar-refractivity contribution < 1.29 is 0 Å². The maximum Gasteiger partial charge on any atom is 0.0482 e. The minimum absolute atomic E-state index is 0.652. The van der Waals surface area contributed by atoms with Crippen LogP contribution in [0.25, 0.3) is 0 Å². The molecule has 2 aliphatic rings. The van der Waals surface area contributed by atoms with Gasteiger partial charge in [0.05, 0.1) is 0 Å². The van der Waals surface area contributed by atoms with Crippen molar-refractivity contribution >= 4 is 0 Å². The van der Waals surface area contributed by atoms with Gasteiger partial charge in [-0.2, -0.15) is 0 Å². The molecule has 1 fully saturated rings. The van der Waals surface area contributed by atoms with Gasteiger partial charge in [-0.3, -0.25) is 4.98 Å². The molecule has 3 rings (SSSR count). The van der Waals surface area contributed by atoms with E-state index in [9.17, 15) is 0 Å². The van der Waals surface area contributed by atoms with Crippen LogP contribution in [-0.2, 0) is 6.42 Å². The van der Waals surface area contributed by atoms with E-state index in [2.05, 4.69) is 24.4 Å². The Bertz CT molecular complexity index is 409. The molecule has 104 valence electrons. The molecule has 1 N–H and O–H groups in total. The van der Waals surface area contributed by atoms with Crippen LogP contribution in [0.3, 0.4) is 0 Å². The van der Waals surface area contributed by atoms with Crippen LogP contribution in [0.4, 0.5) is 0 Å². The maximum absolute atomic E-state index is 4.70. The summed E-state index contributed by atoms with van der Waals surface area (Å²) in [6.07, 6.45) is 11.6. The average molecular weight is 258 g/mol. The SMILES string of the molecule is CCNC(C1CCCCC1)C1CCc2cccnc21. The Labute approximate surface area is 117 Å². The Morgan fingerprint density at radius 2 is 2.11 bits per heavy atom. The largest absolute Gasteiger partial charge is 0.313 e. The maximum atomic E-state index is 4.70. The number of nitrogens with one attached hydrogen (secondary N) is 1. The summed E-state index contributed by atoms with van der Waals surface area (Å²) in [4.78, 5) is 4.70. The number of pyridine rings is 1. The van der Waals surface area contributed by atoms with Crippen molar-refractivity contribution in [2.24, 2.45) is 5.92 Å². The minimum atomic E-state index is 0.652. The number of aromatic nitrogens is 1. The third-order valence-electron chi connectivity index (χ3n) is 5.03. The molecule has 1 heterocycles. The van der Waals surface area contributed by atoms with Crippen molar-refractivity contribution in [1.82, 2.24) is 10.3 Å². The van der Waals surface area contributed by atoms with Gasteiger partial charge in [-0.15, -0.1) is 0 Å². The van der Waals surface area contributed by atoms with E-state index in [1.54, 1.807) is 0 Å². The van der Waals surface area contributed by atoms with Crippen molar-refractivity contribution in [2.45, 2.75) is 63.8 Å². The molecule has 0 aliphatic heterocycles. The number of nitrogens with zero attached hydrogens (tertiary/aromatic N) is 1. The summed E-state index contributed by atoms with van der Waals surface area (Å²) >= 11 is 0. The van der Waals surface area contributed by atoms with Gasteiger partial charge in [-0.25, -0.2) is 0 Å². The van der Waals surface area contributed by atoms with Crippen LogP contribution >= 0.6 is 0 Å². The minimum Gasteiger partial charge on any atom is -0.313 e. The van der Waals surface area contributed by atoms with Crippen LogP contribution in [0.2, 0.25) is 0 Å². The zero-order valence-corrected chi connectivity index (χ0v) is 12.1. The highest BCUT2D eigenvalue weighted by Crippen LogP contribution is 2.39. The first-order valence-electron chi connectivity index (χ1n) is 8.07. The fourth-order valence-corrected chi connectivity index (χ4v) is 4.16. The molecule has 0 amide bonds. The topological polar surface area (TPSA) is 24.9 Å². The molecule has 2 aliphatic carbocycles. The Morgan fingerprint density at radius 1 is 1.26 bits per heavy atom. The lowest BCUT2D eigenvalue weighted by Crippen LogP contribution is -2.41. The molecule has 0 aromatic carbocycles. The van der Waals surface area contributed by atoms with Crippen LogP contribution in [0, 0.1) is 5.92 Å². The lowest BCUT2D eigenvalue weighted by atomic mass is 9.77. The Hall–Kier alpha value is -0.890. The molecule has 2 heteroatoms. The molecule has 0 bridgehead atoms. The lowest BCUT2D eigenvalue weighted by Gasteiger charge is -2.35. The summed E-state index contributed by atoms with van der Waals surface area (Å²) in [6, 6.07) is 5.01. The first-order chi connectivity index (χ1) is 9.40. The van der Waals surface area contributed by atoms with Crippen molar-refractivity contribution in [3.05, 3.63) is 29.6 Å². The quantitative estimate of drug-likeness (QED) is 0.891. The third kappa shape index (κ3) is 2.69. The van der Waals surface area contributed by atoms with Gasteiger partial charge in [0, 0.05) is 23.9 Å². The molecular weight excluding hydrogens is 232 g/mol. The van der Waals surface area contributed by atoms with Crippen LogP contribution in [0.1, 0.15) is 62.6 Å². The summed E-state index contributed by atoms with van der Waals surface area (Å²) in [5.74, 6) is 1.52. The van der Waals surface area contributed by atoms with Gasteiger partial charge >= 0.3 is 0 Å². The molecule has 2 unspecified atom stereocenters. The van der Waals surface area contributed by atoms with Gasteiger partial charge in [0.25, 0.3) is 0 Å². The van der Waals surface area contributed by atoms with Crippen LogP contribution in [0.5, 0.6) is 0 Å².